The number of nitrogens with zero attached hydrogens (tertiary/aromatic N) is 3. The lowest BCUT2D eigenvalue weighted by Gasteiger charge is -2.05. The van der Waals surface area contributed by atoms with Crippen LogP contribution in [0.4, 0.5) is 0 Å². The van der Waals surface area contributed by atoms with Gasteiger partial charge in [0.25, 0.3) is 0 Å². The third-order valence-electron chi connectivity index (χ3n) is 3.09. The molecule has 1 saturated carbocycles. The Hall–Kier alpha value is -1.09. The molecule has 0 saturated heterocycles. The van der Waals surface area contributed by atoms with E-state index in [-0.39, 0.29) is 0 Å². The highest BCUT2D eigenvalue weighted by molar-refractivity contribution is 6.29. The fourth-order valence-corrected chi connectivity index (χ4v) is 2.19. The maximum atomic E-state index is 6.21. The molecular formula is C12H14ClN3. The summed E-state index contributed by atoms with van der Waals surface area (Å²) in [5.74, 6) is 1.05. The van der Waals surface area contributed by atoms with Gasteiger partial charge >= 0.3 is 0 Å². The third-order valence-corrected chi connectivity index (χ3v) is 3.36. The van der Waals surface area contributed by atoms with Crippen molar-refractivity contribution in [3.8, 4) is 0 Å². The van der Waals surface area contributed by atoms with Crippen molar-refractivity contribution >= 4 is 17.2 Å². The first-order chi connectivity index (χ1) is 7.66. The Morgan fingerprint density at radius 2 is 2.19 bits per heavy atom. The van der Waals surface area contributed by atoms with E-state index in [1.165, 1.54) is 18.4 Å². The Bertz CT molecular complexity index is 540. The zero-order chi connectivity index (χ0) is 11.3. The maximum Gasteiger partial charge on any atom is 0.160 e. The van der Waals surface area contributed by atoms with E-state index in [1.807, 2.05) is 12.3 Å². The van der Waals surface area contributed by atoms with Gasteiger partial charge in [0.15, 0.2) is 5.65 Å². The lowest BCUT2D eigenvalue weighted by molar-refractivity contribution is 0.867. The smallest absolute Gasteiger partial charge is 0.160 e. The SMILES string of the molecule is CC(C)c1cnn2c(Cl)cc(C3CC3)nc12. The number of rotatable bonds is 2. The van der Waals surface area contributed by atoms with E-state index in [0.29, 0.717) is 17.0 Å². The Morgan fingerprint density at radius 1 is 1.44 bits per heavy atom. The quantitative estimate of drug-likeness (QED) is 0.747. The second kappa shape index (κ2) is 3.45. The zero-order valence-electron chi connectivity index (χ0n) is 9.44. The monoisotopic (exact) mass is 235 g/mol. The highest BCUT2D eigenvalue weighted by Crippen LogP contribution is 2.40. The van der Waals surface area contributed by atoms with Crippen LogP contribution in [0.5, 0.6) is 0 Å². The summed E-state index contributed by atoms with van der Waals surface area (Å²) in [6, 6.07) is 1.95. The molecule has 16 heavy (non-hydrogen) atoms. The molecule has 1 aliphatic rings. The summed E-state index contributed by atoms with van der Waals surface area (Å²) in [6.07, 6.45) is 4.35. The average molecular weight is 236 g/mol. The van der Waals surface area contributed by atoms with Crippen molar-refractivity contribution in [1.29, 1.82) is 0 Å². The molecule has 84 valence electrons. The largest absolute Gasteiger partial charge is 0.233 e. The van der Waals surface area contributed by atoms with Crippen LogP contribution in [-0.4, -0.2) is 14.6 Å². The lowest BCUT2D eigenvalue weighted by Crippen LogP contribution is -1.98. The molecule has 0 spiro atoms. The van der Waals surface area contributed by atoms with Crippen LogP contribution >= 0.6 is 11.6 Å². The van der Waals surface area contributed by atoms with Crippen LogP contribution in [0.25, 0.3) is 5.65 Å². The van der Waals surface area contributed by atoms with Gasteiger partial charge in [-0.2, -0.15) is 5.10 Å². The summed E-state index contributed by atoms with van der Waals surface area (Å²) in [7, 11) is 0. The second-order valence-corrected chi connectivity index (χ2v) is 5.16. The Labute approximate surface area is 99.4 Å². The van der Waals surface area contributed by atoms with Gasteiger partial charge in [-0.05, 0) is 24.8 Å². The second-order valence-electron chi connectivity index (χ2n) is 4.77. The molecule has 0 bridgehead atoms. The van der Waals surface area contributed by atoms with Crippen LogP contribution in [0.2, 0.25) is 5.15 Å². The molecule has 0 N–H and O–H groups in total. The maximum absolute atomic E-state index is 6.21. The normalized spacial score (nSPS) is 16.2. The highest BCUT2D eigenvalue weighted by atomic mass is 35.5. The molecule has 2 aromatic rings. The van der Waals surface area contributed by atoms with Gasteiger partial charge in [0.05, 0.1) is 6.20 Å². The molecular weight excluding hydrogens is 222 g/mol. The van der Waals surface area contributed by atoms with Gasteiger partial charge in [-0.1, -0.05) is 25.4 Å². The summed E-state index contributed by atoms with van der Waals surface area (Å²) in [5.41, 5.74) is 3.22. The minimum atomic E-state index is 0.426. The number of fused-ring (bicyclic) bond motifs is 1. The number of hydrogen-bond acceptors (Lipinski definition) is 2. The van der Waals surface area contributed by atoms with E-state index in [0.717, 1.165) is 11.3 Å². The molecule has 0 unspecified atom stereocenters. The van der Waals surface area contributed by atoms with E-state index in [1.54, 1.807) is 4.52 Å². The van der Waals surface area contributed by atoms with Gasteiger partial charge < -0.3 is 0 Å². The van der Waals surface area contributed by atoms with Crippen molar-refractivity contribution in [2.45, 2.75) is 38.5 Å². The molecule has 0 radical (unpaired) electrons. The molecule has 0 aromatic carbocycles. The van der Waals surface area contributed by atoms with Crippen molar-refractivity contribution in [2.24, 2.45) is 0 Å². The van der Waals surface area contributed by atoms with E-state index < -0.39 is 0 Å². The molecule has 3 nitrogen and oxygen atoms in total. The molecule has 0 atom stereocenters. The third kappa shape index (κ3) is 1.50. The van der Waals surface area contributed by atoms with Crippen LogP contribution in [0, 0.1) is 0 Å². The van der Waals surface area contributed by atoms with E-state index in [9.17, 15) is 0 Å². The van der Waals surface area contributed by atoms with Crippen LogP contribution in [0.3, 0.4) is 0 Å². The Morgan fingerprint density at radius 3 is 2.81 bits per heavy atom. The van der Waals surface area contributed by atoms with Gasteiger partial charge in [-0.15, -0.1) is 0 Å². The first-order valence-electron chi connectivity index (χ1n) is 5.71. The first kappa shape index (κ1) is 10.1. The van der Waals surface area contributed by atoms with Gasteiger partial charge in [0.1, 0.15) is 5.15 Å². The lowest BCUT2D eigenvalue weighted by atomic mass is 10.1. The highest BCUT2D eigenvalue weighted by Gasteiger charge is 2.26. The van der Waals surface area contributed by atoms with Crippen molar-refractivity contribution in [3.05, 3.63) is 28.7 Å². The van der Waals surface area contributed by atoms with Gasteiger partial charge in [-0.25, -0.2) is 9.50 Å². The van der Waals surface area contributed by atoms with E-state index in [2.05, 4.69) is 18.9 Å². The Balaban J connectivity index is 2.24. The molecule has 4 heteroatoms. The molecule has 3 rings (SSSR count). The number of halogens is 1. The van der Waals surface area contributed by atoms with Crippen LogP contribution in [0.15, 0.2) is 12.3 Å². The molecule has 1 fully saturated rings. The van der Waals surface area contributed by atoms with Crippen molar-refractivity contribution in [2.75, 3.05) is 0 Å². The van der Waals surface area contributed by atoms with Crippen molar-refractivity contribution < 1.29 is 0 Å². The van der Waals surface area contributed by atoms with Crippen molar-refractivity contribution in [1.82, 2.24) is 14.6 Å². The predicted molar refractivity (Wildman–Crippen MR) is 64.1 cm³/mol. The van der Waals surface area contributed by atoms with E-state index >= 15 is 0 Å². The van der Waals surface area contributed by atoms with Crippen LogP contribution in [-0.2, 0) is 0 Å². The molecule has 2 aromatic heterocycles. The number of aromatic nitrogens is 3. The molecule has 2 heterocycles. The Kier molecular flexibility index (Phi) is 2.18. The van der Waals surface area contributed by atoms with Gasteiger partial charge in [-0.3, -0.25) is 0 Å². The fourth-order valence-electron chi connectivity index (χ4n) is 1.96. The van der Waals surface area contributed by atoms with Gasteiger partial charge in [0.2, 0.25) is 0 Å². The zero-order valence-corrected chi connectivity index (χ0v) is 10.2. The van der Waals surface area contributed by atoms with Gasteiger partial charge in [0, 0.05) is 17.2 Å². The molecule has 1 aliphatic carbocycles. The average Bonchev–Trinajstić information content (AvgIpc) is 2.98. The summed E-state index contributed by atoms with van der Waals surface area (Å²) < 4.78 is 1.72. The summed E-state index contributed by atoms with van der Waals surface area (Å²) in [6.45, 7) is 4.30. The standard InChI is InChI=1S/C12H14ClN3/c1-7(2)9-6-14-16-11(13)5-10(8-3-4-8)15-12(9)16/h5-8H,3-4H2,1-2H3. The molecule has 0 aliphatic heterocycles. The minimum Gasteiger partial charge on any atom is -0.233 e. The molecule has 0 amide bonds. The van der Waals surface area contributed by atoms with Crippen LogP contribution < -0.4 is 0 Å². The minimum absolute atomic E-state index is 0.426. The predicted octanol–water partition coefficient (Wildman–Crippen LogP) is 3.38. The van der Waals surface area contributed by atoms with Crippen molar-refractivity contribution in [3.63, 3.8) is 0 Å². The fraction of sp³-hybridized carbons (Fsp3) is 0.500. The topological polar surface area (TPSA) is 30.2 Å². The summed E-state index contributed by atoms with van der Waals surface area (Å²) >= 11 is 6.21. The number of hydrogen-bond donors (Lipinski definition) is 0. The van der Waals surface area contributed by atoms with E-state index in [4.69, 9.17) is 16.6 Å². The summed E-state index contributed by atoms with van der Waals surface area (Å²) in [5, 5.41) is 4.95. The van der Waals surface area contributed by atoms with Crippen LogP contribution in [0.1, 0.15) is 49.8 Å². The first-order valence-corrected chi connectivity index (χ1v) is 6.08. The summed E-state index contributed by atoms with van der Waals surface area (Å²) in [4.78, 5) is 4.70.